The Morgan fingerprint density at radius 2 is 1.88 bits per heavy atom. The molecule has 24 heavy (non-hydrogen) atoms. The van der Waals surface area contributed by atoms with Gasteiger partial charge < -0.3 is 9.73 Å². The van der Waals surface area contributed by atoms with Crippen LogP contribution in [0.15, 0.2) is 59.2 Å². The van der Waals surface area contributed by atoms with Crippen LogP contribution in [0.4, 0.5) is 24.9 Å². The summed E-state index contributed by atoms with van der Waals surface area (Å²) in [5.74, 6) is 0. The van der Waals surface area contributed by atoms with Crippen LogP contribution < -0.4 is 5.32 Å². The Balaban J connectivity index is 1.83. The third-order valence-corrected chi connectivity index (χ3v) is 3.23. The molecular formula is C17H10F3N3O. The molecule has 3 rings (SSSR count). The van der Waals surface area contributed by atoms with E-state index in [1.807, 2.05) is 6.07 Å². The van der Waals surface area contributed by atoms with Gasteiger partial charge in [0.2, 0.25) is 0 Å². The van der Waals surface area contributed by atoms with Crippen molar-refractivity contribution in [2.45, 2.75) is 6.18 Å². The third-order valence-electron chi connectivity index (χ3n) is 3.23. The van der Waals surface area contributed by atoms with Crippen LogP contribution in [0, 0.1) is 11.3 Å². The van der Waals surface area contributed by atoms with Gasteiger partial charge >= 0.3 is 6.18 Å². The summed E-state index contributed by atoms with van der Waals surface area (Å²) < 4.78 is 43.4. The summed E-state index contributed by atoms with van der Waals surface area (Å²) in [6.07, 6.45) is -3.05. The number of alkyl halides is 3. The molecule has 1 aromatic heterocycles. The van der Waals surface area contributed by atoms with E-state index in [-0.39, 0.29) is 11.7 Å². The Hall–Kier alpha value is -3.27. The largest absolute Gasteiger partial charge is 0.431 e. The molecule has 2 aromatic carbocycles. The van der Waals surface area contributed by atoms with E-state index in [4.69, 9.17) is 9.68 Å². The first kappa shape index (κ1) is 15.6. The number of nitrogens with zero attached hydrogens (tertiary/aromatic N) is 2. The summed E-state index contributed by atoms with van der Waals surface area (Å²) in [4.78, 5) is 4.17. The summed E-state index contributed by atoms with van der Waals surface area (Å²) >= 11 is 0. The number of hydrogen-bond donors (Lipinski definition) is 1. The first-order valence-electron chi connectivity index (χ1n) is 6.86. The number of aromatic nitrogens is 1. The zero-order valence-corrected chi connectivity index (χ0v) is 12.1. The van der Waals surface area contributed by atoms with Gasteiger partial charge in [0.25, 0.3) is 6.01 Å². The molecule has 0 atom stereocenters. The van der Waals surface area contributed by atoms with E-state index in [0.29, 0.717) is 16.8 Å². The Kier molecular flexibility index (Phi) is 3.96. The fraction of sp³-hybridized carbons (Fsp3) is 0.0588. The molecule has 0 bridgehead atoms. The summed E-state index contributed by atoms with van der Waals surface area (Å²) in [5.41, 5.74) is 1.07. The van der Waals surface area contributed by atoms with Gasteiger partial charge in [0.15, 0.2) is 0 Å². The highest BCUT2D eigenvalue weighted by Gasteiger charge is 2.30. The van der Waals surface area contributed by atoms with Crippen LogP contribution in [0.2, 0.25) is 0 Å². The second-order valence-electron chi connectivity index (χ2n) is 4.93. The van der Waals surface area contributed by atoms with Crippen LogP contribution >= 0.6 is 0 Å². The van der Waals surface area contributed by atoms with Crippen molar-refractivity contribution < 1.29 is 17.6 Å². The SMILES string of the molecule is N#Cc1cccc(-c2coc(Nc3cccc(C(F)(F)F)c3)n2)c1. The van der Waals surface area contributed by atoms with Crippen LogP contribution in [-0.2, 0) is 6.18 Å². The lowest BCUT2D eigenvalue weighted by atomic mass is 10.1. The van der Waals surface area contributed by atoms with E-state index in [0.717, 1.165) is 12.1 Å². The molecule has 1 heterocycles. The maximum atomic E-state index is 12.7. The van der Waals surface area contributed by atoms with Crippen molar-refractivity contribution >= 4 is 11.7 Å². The minimum absolute atomic E-state index is 0.0617. The monoisotopic (exact) mass is 329 g/mol. The number of nitriles is 1. The maximum Gasteiger partial charge on any atom is 0.416 e. The number of nitrogens with one attached hydrogen (secondary N) is 1. The van der Waals surface area contributed by atoms with Crippen LogP contribution in [0.1, 0.15) is 11.1 Å². The average molecular weight is 329 g/mol. The lowest BCUT2D eigenvalue weighted by Crippen LogP contribution is -2.05. The molecule has 120 valence electrons. The van der Waals surface area contributed by atoms with Crippen LogP contribution in [0.5, 0.6) is 0 Å². The highest BCUT2D eigenvalue weighted by Crippen LogP contribution is 2.31. The molecule has 0 unspecified atom stereocenters. The summed E-state index contributed by atoms with van der Waals surface area (Å²) in [5, 5.41) is 11.6. The lowest BCUT2D eigenvalue weighted by molar-refractivity contribution is -0.137. The second kappa shape index (κ2) is 6.08. The second-order valence-corrected chi connectivity index (χ2v) is 4.93. The van der Waals surface area contributed by atoms with E-state index >= 15 is 0 Å². The van der Waals surface area contributed by atoms with Crippen molar-refractivity contribution in [2.24, 2.45) is 0 Å². The quantitative estimate of drug-likeness (QED) is 0.736. The molecule has 0 saturated heterocycles. The topological polar surface area (TPSA) is 61.9 Å². The predicted octanol–water partition coefficient (Wildman–Crippen LogP) is 4.98. The minimum Gasteiger partial charge on any atom is -0.431 e. The molecule has 0 aliphatic carbocycles. The van der Waals surface area contributed by atoms with E-state index in [1.54, 1.807) is 24.3 Å². The normalized spacial score (nSPS) is 11.1. The molecule has 0 radical (unpaired) electrons. The Bertz CT molecular complexity index is 910. The van der Waals surface area contributed by atoms with Crippen LogP contribution in [0.3, 0.4) is 0 Å². The maximum absolute atomic E-state index is 12.7. The smallest absolute Gasteiger partial charge is 0.416 e. The molecule has 0 aliphatic rings. The van der Waals surface area contributed by atoms with Gasteiger partial charge in [-0.3, -0.25) is 0 Å². The van der Waals surface area contributed by atoms with Gasteiger partial charge in [-0.1, -0.05) is 18.2 Å². The zero-order chi connectivity index (χ0) is 17.2. The highest BCUT2D eigenvalue weighted by molar-refractivity contribution is 5.63. The number of hydrogen-bond acceptors (Lipinski definition) is 4. The fourth-order valence-corrected chi connectivity index (χ4v) is 2.11. The molecule has 4 nitrogen and oxygen atoms in total. The molecule has 3 aromatic rings. The predicted molar refractivity (Wildman–Crippen MR) is 81.4 cm³/mol. The molecule has 7 heteroatoms. The number of oxazole rings is 1. The van der Waals surface area contributed by atoms with Gasteiger partial charge in [0.05, 0.1) is 17.2 Å². The van der Waals surface area contributed by atoms with E-state index < -0.39 is 11.7 Å². The first-order valence-corrected chi connectivity index (χ1v) is 6.86. The van der Waals surface area contributed by atoms with Crippen molar-refractivity contribution in [3.63, 3.8) is 0 Å². The van der Waals surface area contributed by atoms with Crippen molar-refractivity contribution in [3.8, 4) is 17.3 Å². The standard InChI is InChI=1S/C17H10F3N3O/c18-17(19,20)13-5-2-6-14(8-13)22-16-23-15(10-24-16)12-4-1-3-11(7-12)9-21/h1-8,10H,(H,22,23). The Labute approximate surface area is 135 Å². The number of rotatable bonds is 3. The Morgan fingerprint density at radius 3 is 2.62 bits per heavy atom. The molecule has 0 spiro atoms. The number of halogens is 3. The van der Waals surface area contributed by atoms with Gasteiger partial charge in [-0.05, 0) is 30.3 Å². The molecular weight excluding hydrogens is 319 g/mol. The van der Waals surface area contributed by atoms with Crippen molar-refractivity contribution in [1.29, 1.82) is 5.26 Å². The average Bonchev–Trinajstić information content (AvgIpc) is 3.03. The summed E-state index contributed by atoms with van der Waals surface area (Å²) in [7, 11) is 0. The molecule has 0 fully saturated rings. The van der Waals surface area contributed by atoms with Crippen molar-refractivity contribution in [3.05, 3.63) is 65.9 Å². The zero-order valence-electron chi connectivity index (χ0n) is 12.1. The minimum atomic E-state index is -4.42. The number of anilines is 2. The lowest BCUT2D eigenvalue weighted by Gasteiger charge is -2.08. The molecule has 0 saturated carbocycles. The van der Waals surface area contributed by atoms with Gasteiger partial charge in [0, 0.05) is 11.3 Å². The van der Waals surface area contributed by atoms with E-state index in [2.05, 4.69) is 10.3 Å². The van der Waals surface area contributed by atoms with Crippen LogP contribution in [0.25, 0.3) is 11.3 Å². The number of benzene rings is 2. The van der Waals surface area contributed by atoms with Crippen LogP contribution in [-0.4, -0.2) is 4.98 Å². The van der Waals surface area contributed by atoms with Crippen molar-refractivity contribution in [1.82, 2.24) is 4.98 Å². The fourth-order valence-electron chi connectivity index (χ4n) is 2.11. The van der Waals surface area contributed by atoms with Gasteiger partial charge in [-0.15, -0.1) is 0 Å². The highest BCUT2D eigenvalue weighted by atomic mass is 19.4. The van der Waals surface area contributed by atoms with Crippen molar-refractivity contribution in [2.75, 3.05) is 5.32 Å². The van der Waals surface area contributed by atoms with E-state index in [9.17, 15) is 13.2 Å². The molecule has 1 N–H and O–H groups in total. The molecule has 0 amide bonds. The first-order chi connectivity index (χ1) is 11.5. The Morgan fingerprint density at radius 1 is 1.08 bits per heavy atom. The summed E-state index contributed by atoms with van der Waals surface area (Å²) in [6.45, 7) is 0. The molecule has 0 aliphatic heterocycles. The third kappa shape index (κ3) is 3.38. The van der Waals surface area contributed by atoms with Gasteiger partial charge in [-0.2, -0.15) is 23.4 Å². The van der Waals surface area contributed by atoms with Gasteiger partial charge in [-0.25, -0.2) is 0 Å². The summed E-state index contributed by atoms with van der Waals surface area (Å²) in [6, 6.07) is 13.6. The van der Waals surface area contributed by atoms with E-state index in [1.165, 1.54) is 18.4 Å². The van der Waals surface area contributed by atoms with Gasteiger partial charge in [0.1, 0.15) is 12.0 Å².